The lowest BCUT2D eigenvalue weighted by atomic mass is 9.85. The largest absolute Gasteiger partial charge is 0.274 e. The molecule has 2 amide bonds. The van der Waals surface area contributed by atoms with Crippen LogP contribution in [0.3, 0.4) is 0 Å². The predicted molar refractivity (Wildman–Crippen MR) is 121 cm³/mol. The molecule has 1 aliphatic heterocycles. The molecule has 156 valence electrons. The normalized spacial score (nSPS) is 25.5. The molecule has 1 saturated heterocycles. The Morgan fingerprint density at radius 1 is 0.656 bits per heavy atom. The van der Waals surface area contributed by atoms with E-state index in [0.717, 1.165) is 22.3 Å². The van der Waals surface area contributed by atoms with E-state index in [4.69, 9.17) is 0 Å². The molecule has 0 aromatic heterocycles. The van der Waals surface area contributed by atoms with Crippen LogP contribution in [0.5, 0.6) is 0 Å². The summed E-state index contributed by atoms with van der Waals surface area (Å²) < 4.78 is 13.4. The summed E-state index contributed by atoms with van der Waals surface area (Å²) in [6.07, 6.45) is 4.18. The number of benzene rings is 3. The van der Waals surface area contributed by atoms with E-state index in [0.29, 0.717) is 5.69 Å². The number of hydrogen-bond donors (Lipinski definition) is 0. The van der Waals surface area contributed by atoms with Gasteiger partial charge >= 0.3 is 0 Å². The van der Waals surface area contributed by atoms with E-state index in [1.165, 1.54) is 29.2 Å². The third kappa shape index (κ3) is 2.65. The van der Waals surface area contributed by atoms with Gasteiger partial charge in [0, 0.05) is 11.8 Å². The maximum Gasteiger partial charge on any atom is 0.238 e. The molecular weight excluding hydrogens is 401 g/mol. The van der Waals surface area contributed by atoms with E-state index in [1.54, 1.807) is 0 Å². The van der Waals surface area contributed by atoms with Crippen molar-refractivity contribution in [2.75, 3.05) is 4.90 Å². The molecule has 0 radical (unpaired) electrons. The second kappa shape index (κ2) is 7.13. The van der Waals surface area contributed by atoms with Gasteiger partial charge in [0.2, 0.25) is 11.8 Å². The Morgan fingerprint density at radius 3 is 1.59 bits per heavy atom. The van der Waals surface area contributed by atoms with Crippen molar-refractivity contribution in [2.45, 2.75) is 0 Å². The standard InChI is InChI=1S/C28H20FNO2/c29-19-11-13-20(14-12-19)30-27(31)25-21-15-16-22(26(25)28(30)32)24(21)23(17-7-3-1-4-8-17)18-9-5-2-6-10-18/h1-16,21-22,25-26H/t21-,22-,25-,26-/m1/s1. The predicted octanol–water partition coefficient (Wildman–Crippen LogP) is 5.25. The first kappa shape index (κ1) is 18.9. The van der Waals surface area contributed by atoms with Gasteiger partial charge in [0.15, 0.2) is 0 Å². The van der Waals surface area contributed by atoms with Crippen molar-refractivity contribution < 1.29 is 14.0 Å². The third-order valence-electron chi connectivity index (χ3n) is 6.91. The lowest BCUT2D eigenvalue weighted by Gasteiger charge is -2.21. The Kier molecular flexibility index (Phi) is 4.22. The van der Waals surface area contributed by atoms with Crippen LogP contribution in [0.15, 0.2) is 103 Å². The lowest BCUT2D eigenvalue weighted by molar-refractivity contribution is -0.122. The molecule has 2 bridgehead atoms. The molecule has 0 N–H and O–H groups in total. The molecule has 2 fully saturated rings. The number of hydrogen-bond acceptors (Lipinski definition) is 2. The molecule has 1 saturated carbocycles. The van der Waals surface area contributed by atoms with Crippen LogP contribution < -0.4 is 4.90 Å². The SMILES string of the molecule is O=C1[C@H]2[C@H](C(=O)N1c1ccc(F)cc1)[C@@H]1C=C[C@@H]2C1=C(c1ccccc1)c1ccccc1. The summed E-state index contributed by atoms with van der Waals surface area (Å²) >= 11 is 0. The number of fused-ring (bicyclic) bond motifs is 5. The van der Waals surface area contributed by atoms with Crippen molar-refractivity contribution in [3.8, 4) is 0 Å². The van der Waals surface area contributed by atoms with Crippen LogP contribution >= 0.6 is 0 Å². The molecule has 3 aliphatic rings. The van der Waals surface area contributed by atoms with Gasteiger partial charge < -0.3 is 0 Å². The highest BCUT2D eigenvalue weighted by Gasteiger charge is 2.62. The summed E-state index contributed by atoms with van der Waals surface area (Å²) in [6, 6.07) is 25.9. The van der Waals surface area contributed by atoms with Crippen LogP contribution in [-0.4, -0.2) is 11.8 Å². The van der Waals surface area contributed by atoms with Crippen LogP contribution in [0, 0.1) is 29.5 Å². The molecule has 3 aromatic carbocycles. The van der Waals surface area contributed by atoms with Gasteiger partial charge in [-0.3, -0.25) is 9.59 Å². The minimum absolute atomic E-state index is 0.123. The molecule has 4 heteroatoms. The van der Waals surface area contributed by atoms with Crippen molar-refractivity contribution in [2.24, 2.45) is 23.7 Å². The molecule has 6 rings (SSSR count). The van der Waals surface area contributed by atoms with Gasteiger partial charge in [-0.1, -0.05) is 72.8 Å². The quantitative estimate of drug-likeness (QED) is 0.428. The fourth-order valence-electron chi connectivity index (χ4n) is 5.65. The second-order valence-corrected chi connectivity index (χ2v) is 8.54. The number of rotatable bonds is 3. The van der Waals surface area contributed by atoms with E-state index in [1.807, 2.05) is 36.4 Å². The van der Waals surface area contributed by atoms with Gasteiger partial charge in [0.1, 0.15) is 5.82 Å². The molecule has 0 spiro atoms. The Bertz CT molecular complexity index is 1200. The van der Waals surface area contributed by atoms with Crippen LogP contribution in [0.2, 0.25) is 0 Å². The van der Waals surface area contributed by atoms with Gasteiger partial charge in [-0.05, 0) is 46.5 Å². The molecule has 2 aliphatic carbocycles. The van der Waals surface area contributed by atoms with Gasteiger partial charge in [-0.2, -0.15) is 0 Å². The second-order valence-electron chi connectivity index (χ2n) is 8.54. The Hall–Kier alpha value is -3.79. The van der Waals surface area contributed by atoms with Crippen molar-refractivity contribution in [3.63, 3.8) is 0 Å². The first-order valence-electron chi connectivity index (χ1n) is 10.8. The average molecular weight is 421 g/mol. The lowest BCUT2D eigenvalue weighted by Crippen LogP contribution is -2.33. The molecule has 1 heterocycles. The maximum absolute atomic E-state index is 13.5. The number of nitrogens with zero attached hydrogens (tertiary/aromatic N) is 1. The highest BCUT2D eigenvalue weighted by molar-refractivity contribution is 6.23. The number of anilines is 1. The monoisotopic (exact) mass is 421 g/mol. The highest BCUT2D eigenvalue weighted by Crippen LogP contribution is 2.58. The Morgan fingerprint density at radius 2 is 1.12 bits per heavy atom. The average Bonchev–Trinajstić information content (AvgIpc) is 3.46. The number of amides is 2. The fourth-order valence-corrected chi connectivity index (χ4v) is 5.65. The smallest absolute Gasteiger partial charge is 0.238 e. The zero-order valence-electron chi connectivity index (χ0n) is 17.2. The van der Waals surface area contributed by atoms with Crippen molar-refractivity contribution >= 4 is 23.1 Å². The van der Waals surface area contributed by atoms with Crippen molar-refractivity contribution in [1.82, 2.24) is 0 Å². The van der Waals surface area contributed by atoms with Gasteiger partial charge in [0.05, 0.1) is 17.5 Å². The van der Waals surface area contributed by atoms with Crippen LogP contribution in [0.25, 0.3) is 5.57 Å². The molecule has 0 unspecified atom stereocenters. The molecule has 3 aromatic rings. The first-order chi connectivity index (χ1) is 15.6. The van der Waals surface area contributed by atoms with Gasteiger partial charge in [-0.15, -0.1) is 0 Å². The Balaban J connectivity index is 1.48. The molecule has 32 heavy (non-hydrogen) atoms. The fraction of sp³-hybridized carbons (Fsp3) is 0.143. The number of carbonyl (C=O) groups is 2. The number of halogens is 1. The van der Waals surface area contributed by atoms with E-state index < -0.39 is 17.7 Å². The first-order valence-corrected chi connectivity index (χ1v) is 10.8. The molecule has 3 nitrogen and oxygen atoms in total. The summed E-state index contributed by atoms with van der Waals surface area (Å²) in [5.74, 6) is -1.86. The van der Waals surface area contributed by atoms with Crippen LogP contribution in [0.4, 0.5) is 10.1 Å². The molecular formula is C28H20FNO2. The Labute approximate surface area is 185 Å². The van der Waals surface area contributed by atoms with Crippen LogP contribution in [-0.2, 0) is 9.59 Å². The zero-order valence-corrected chi connectivity index (χ0v) is 17.2. The van der Waals surface area contributed by atoms with E-state index >= 15 is 0 Å². The zero-order chi connectivity index (χ0) is 21.8. The topological polar surface area (TPSA) is 37.4 Å². The van der Waals surface area contributed by atoms with Crippen molar-refractivity contribution in [3.05, 3.63) is 120 Å². The van der Waals surface area contributed by atoms with Crippen molar-refractivity contribution in [1.29, 1.82) is 0 Å². The highest BCUT2D eigenvalue weighted by atomic mass is 19.1. The summed E-state index contributed by atoms with van der Waals surface area (Å²) in [7, 11) is 0. The minimum Gasteiger partial charge on any atom is -0.274 e. The summed E-state index contributed by atoms with van der Waals surface area (Å²) in [6.45, 7) is 0. The van der Waals surface area contributed by atoms with Gasteiger partial charge in [-0.25, -0.2) is 9.29 Å². The maximum atomic E-state index is 13.5. The number of imide groups is 1. The van der Waals surface area contributed by atoms with Gasteiger partial charge in [0.25, 0.3) is 0 Å². The third-order valence-corrected chi connectivity index (χ3v) is 6.91. The van der Waals surface area contributed by atoms with Crippen LogP contribution in [0.1, 0.15) is 11.1 Å². The van der Waals surface area contributed by atoms with E-state index in [9.17, 15) is 14.0 Å². The minimum atomic E-state index is -0.417. The van der Waals surface area contributed by atoms with E-state index in [-0.39, 0.29) is 23.7 Å². The number of carbonyl (C=O) groups excluding carboxylic acids is 2. The van der Waals surface area contributed by atoms with E-state index in [2.05, 4.69) is 36.4 Å². The summed E-state index contributed by atoms with van der Waals surface area (Å²) in [5, 5.41) is 0. The number of allylic oxidation sites excluding steroid dienone is 3. The summed E-state index contributed by atoms with van der Waals surface area (Å²) in [5.41, 5.74) is 4.87. The summed E-state index contributed by atoms with van der Waals surface area (Å²) in [4.78, 5) is 28.2. The molecule has 4 atom stereocenters.